The zero-order valence-electron chi connectivity index (χ0n) is 12.1. The summed E-state index contributed by atoms with van der Waals surface area (Å²) in [5.74, 6) is -0.0166. The van der Waals surface area contributed by atoms with Crippen LogP contribution in [0.25, 0.3) is 12.2 Å². The third-order valence-corrected chi connectivity index (χ3v) is 3.23. The second kappa shape index (κ2) is 6.70. The lowest BCUT2D eigenvalue weighted by Gasteiger charge is -2.04. The topological polar surface area (TPSA) is 50.4 Å². The van der Waals surface area contributed by atoms with Gasteiger partial charge in [-0.2, -0.15) is 4.57 Å². The molecule has 1 aromatic heterocycles. The van der Waals surface area contributed by atoms with Crippen molar-refractivity contribution in [2.75, 3.05) is 7.11 Å². The molecule has 0 saturated heterocycles. The molecule has 0 bridgehead atoms. The number of phenolic OH excluding ortho intramolecular Hbond substituents is 1. The van der Waals surface area contributed by atoms with E-state index >= 15 is 0 Å². The van der Waals surface area contributed by atoms with E-state index in [4.69, 9.17) is 4.74 Å². The fourth-order valence-corrected chi connectivity index (χ4v) is 1.89. The van der Waals surface area contributed by atoms with Gasteiger partial charge in [0.2, 0.25) is 0 Å². The van der Waals surface area contributed by atoms with Gasteiger partial charge >= 0.3 is 5.97 Å². The minimum absolute atomic E-state index is 0.254. The Kier molecular flexibility index (Phi) is 4.72. The first-order valence-electron chi connectivity index (χ1n) is 6.66. The average Bonchev–Trinajstić information content (AvgIpc) is 2.53. The number of hydrogen-bond donors (Lipinski definition) is 1. The van der Waals surface area contributed by atoms with E-state index in [1.807, 2.05) is 48.8 Å². The van der Waals surface area contributed by atoms with Crippen LogP contribution in [0.5, 0.6) is 5.75 Å². The molecule has 1 aromatic carbocycles. The highest BCUT2D eigenvalue weighted by Crippen LogP contribution is 2.12. The number of aromatic hydroxyl groups is 1. The van der Waals surface area contributed by atoms with Crippen molar-refractivity contribution in [1.82, 2.24) is 0 Å². The van der Waals surface area contributed by atoms with E-state index < -0.39 is 0 Å². The van der Waals surface area contributed by atoms with Crippen molar-refractivity contribution in [1.29, 1.82) is 0 Å². The molecule has 0 amide bonds. The van der Waals surface area contributed by atoms with Crippen molar-refractivity contribution in [3.05, 3.63) is 59.9 Å². The fourth-order valence-electron chi connectivity index (χ4n) is 1.89. The fraction of sp³-hybridized carbons (Fsp3) is 0.176. The van der Waals surface area contributed by atoms with Gasteiger partial charge in [-0.05, 0) is 23.3 Å². The van der Waals surface area contributed by atoms with Crippen LogP contribution in [0.15, 0.2) is 48.8 Å². The molecule has 0 aliphatic carbocycles. The minimum Gasteiger partial charge on any atom is -0.508 e. The van der Waals surface area contributed by atoms with Gasteiger partial charge in [-0.25, -0.2) is 4.79 Å². The summed E-state index contributed by atoms with van der Waals surface area (Å²) in [6, 6.07) is 10.5. The van der Waals surface area contributed by atoms with E-state index in [0.29, 0.717) is 0 Å². The van der Waals surface area contributed by atoms with Gasteiger partial charge in [0, 0.05) is 19.1 Å². The third kappa shape index (κ3) is 3.92. The van der Waals surface area contributed by atoms with Crippen LogP contribution in [0.4, 0.5) is 0 Å². The van der Waals surface area contributed by atoms with Crippen LogP contribution in [0.3, 0.4) is 0 Å². The number of ether oxygens (including phenoxy) is 1. The van der Waals surface area contributed by atoms with Gasteiger partial charge in [-0.1, -0.05) is 24.3 Å². The SMILES string of the molecule is COC(=O)C(C)[n+]1ccc(/C=C/c2ccc(O)cc2)cc1. The maximum atomic E-state index is 11.5. The molecule has 0 saturated carbocycles. The lowest BCUT2D eigenvalue weighted by Crippen LogP contribution is -2.42. The summed E-state index contributed by atoms with van der Waals surface area (Å²) in [6.07, 6.45) is 7.62. The highest BCUT2D eigenvalue weighted by Gasteiger charge is 2.21. The Morgan fingerprint density at radius 1 is 1.10 bits per heavy atom. The molecule has 0 aliphatic rings. The molecule has 2 rings (SSSR count). The largest absolute Gasteiger partial charge is 0.508 e. The van der Waals surface area contributed by atoms with E-state index in [9.17, 15) is 9.90 Å². The summed E-state index contributed by atoms with van der Waals surface area (Å²) in [5, 5.41) is 9.22. The normalized spacial score (nSPS) is 12.3. The second-order valence-corrected chi connectivity index (χ2v) is 4.70. The van der Waals surface area contributed by atoms with Crippen molar-refractivity contribution in [3.63, 3.8) is 0 Å². The van der Waals surface area contributed by atoms with Crippen molar-refractivity contribution in [3.8, 4) is 5.75 Å². The molecule has 4 heteroatoms. The zero-order chi connectivity index (χ0) is 15.2. The van der Waals surface area contributed by atoms with Gasteiger partial charge in [-0.15, -0.1) is 0 Å². The molecule has 1 N–H and O–H groups in total. The predicted octanol–water partition coefficient (Wildman–Crippen LogP) is 2.58. The Bertz CT molecular complexity index is 630. The molecule has 2 aromatic rings. The van der Waals surface area contributed by atoms with Gasteiger partial charge < -0.3 is 9.84 Å². The summed E-state index contributed by atoms with van der Waals surface area (Å²) in [5.41, 5.74) is 2.03. The molecule has 4 nitrogen and oxygen atoms in total. The highest BCUT2D eigenvalue weighted by atomic mass is 16.5. The van der Waals surface area contributed by atoms with Crippen LogP contribution < -0.4 is 4.57 Å². The maximum absolute atomic E-state index is 11.5. The monoisotopic (exact) mass is 284 g/mol. The molecule has 108 valence electrons. The van der Waals surface area contributed by atoms with Gasteiger partial charge in [0.15, 0.2) is 12.4 Å². The Morgan fingerprint density at radius 2 is 1.62 bits per heavy atom. The van der Waals surface area contributed by atoms with E-state index in [1.165, 1.54) is 7.11 Å². The number of esters is 1. The first-order chi connectivity index (χ1) is 10.1. The number of carbonyl (C=O) groups is 1. The predicted molar refractivity (Wildman–Crippen MR) is 80.4 cm³/mol. The van der Waals surface area contributed by atoms with Crippen molar-refractivity contribution < 1.29 is 19.2 Å². The van der Waals surface area contributed by atoms with Crippen LogP contribution in [-0.2, 0) is 9.53 Å². The van der Waals surface area contributed by atoms with Gasteiger partial charge in [-0.3, -0.25) is 0 Å². The molecule has 1 unspecified atom stereocenters. The Balaban J connectivity index is 2.08. The third-order valence-electron chi connectivity index (χ3n) is 3.23. The van der Waals surface area contributed by atoms with Crippen LogP contribution in [0.2, 0.25) is 0 Å². The number of rotatable bonds is 4. The van der Waals surface area contributed by atoms with Gasteiger partial charge in [0.05, 0.1) is 7.11 Å². The molecule has 0 radical (unpaired) electrons. The van der Waals surface area contributed by atoms with Crippen molar-refractivity contribution >= 4 is 18.1 Å². The smallest absolute Gasteiger partial charge is 0.375 e. The first-order valence-corrected chi connectivity index (χ1v) is 6.66. The second-order valence-electron chi connectivity index (χ2n) is 4.70. The number of methoxy groups -OCH3 is 1. The number of phenols is 1. The summed E-state index contributed by atoms with van der Waals surface area (Å²) >= 11 is 0. The number of carbonyl (C=O) groups excluding carboxylic acids is 1. The summed E-state index contributed by atoms with van der Waals surface area (Å²) in [6.45, 7) is 1.79. The number of benzene rings is 1. The van der Waals surface area contributed by atoms with E-state index in [-0.39, 0.29) is 17.8 Å². The Labute approximate surface area is 123 Å². The molecule has 0 spiro atoms. The molecular weight excluding hydrogens is 266 g/mol. The van der Waals surface area contributed by atoms with Crippen molar-refractivity contribution in [2.24, 2.45) is 0 Å². The summed E-state index contributed by atoms with van der Waals surface area (Å²) < 4.78 is 6.51. The molecule has 1 atom stereocenters. The lowest BCUT2D eigenvalue weighted by atomic mass is 10.1. The molecule has 0 fully saturated rings. The Morgan fingerprint density at radius 3 is 2.14 bits per heavy atom. The van der Waals surface area contributed by atoms with Crippen LogP contribution >= 0.6 is 0 Å². The van der Waals surface area contributed by atoms with E-state index in [1.54, 1.807) is 23.6 Å². The van der Waals surface area contributed by atoms with E-state index in [2.05, 4.69) is 0 Å². The summed E-state index contributed by atoms with van der Waals surface area (Å²) in [7, 11) is 1.38. The van der Waals surface area contributed by atoms with Gasteiger partial charge in [0.25, 0.3) is 6.04 Å². The standard InChI is InChI=1S/C17H17NO3/c1-13(17(20)21-2)18-11-9-15(10-12-18)4-3-14-5-7-16(19)8-6-14/h3-13H,1-2H3/p+1. The van der Waals surface area contributed by atoms with Crippen LogP contribution in [0, 0.1) is 0 Å². The van der Waals surface area contributed by atoms with Gasteiger partial charge in [0.1, 0.15) is 5.75 Å². The lowest BCUT2D eigenvalue weighted by molar-refractivity contribution is -0.707. The number of nitrogens with zero attached hydrogens (tertiary/aromatic N) is 1. The Hall–Kier alpha value is -2.62. The highest BCUT2D eigenvalue weighted by molar-refractivity contribution is 5.72. The quantitative estimate of drug-likeness (QED) is 0.693. The van der Waals surface area contributed by atoms with Crippen LogP contribution in [-0.4, -0.2) is 18.2 Å². The number of aromatic nitrogens is 1. The van der Waals surface area contributed by atoms with E-state index in [0.717, 1.165) is 11.1 Å². The first kappa shape index (κ1) is 14.8. The summed E-state index contributed by atoms with van der Waals surface area (Å²) in [4.78, 5) is 11.5. The average molecular weight is 284 g/mol. The van der Waals surface area contributed by atoms with Crippen LogP contribution in [0.1, 0.15) is 24.1 Å². The minimum atomic E-state index is -0.342. The zero-order valence-corrected chi connectivity index (χ0v) is 12.1. The molecule has 1 heterocycles. The van der Waals surface area contributed by atoms with Crippen molar-refractivity contribution in [2.45, 2.75) is 13.0 Å². The number of pyridine rings is 1. The molecule has 21 heavy (non-hydrogen) atoms. The molecule has 0 aliphatic heterocycles. The molecular formula is C17H18NO3+. The maximum Gasteiger partial charge on any atom is 0.375 e. The number of hydrogen-bond acceptors (Lipinski definition) is 3.